The number of fused-ring (bicyclic) bond motifs is 1. The number of carbonyl (C=O) groups is 1. The Morgan fingerprint density at radius 2 is 1.96 bits per heavy atom. The average Bonchev–Trinajstić information content (AvgIpc) is 2.67. The van der Waals surface area contributed by atoms with E-state index in [1.165, 1.54) is 11.8 Å². The first-order chi connectivity index (χ1) is 12.9. The third-order valence-electron chi connectivity index (χ3n) is 4.71. The Morgan fingerprint density at radius 3 is 2.59 bits per heavy atom. The number of nitrogens with zero attached hydrogens (tertiary/aromatic N) is 1. The van der Waals surface area contributed by atoms with Gasteiger partial charge < -0.3 is 15.0 Å². The van der Waals surface area contributed by atoms with E-state index in [4.69, 9.17) is 11.6 Å². The Labute approximate surface area is 162 Å². The highest BCUT2D eigenvalue weighted by molar-refractivity contribution is 6.34. The number of aromatic carboxylic acids is 1. The van der Waals surface area contributed by atoms with Crippen molar-refractivity contribution >= 4 is 34.2 Å². The fourth-order valence-electron chi connectivity index (χ4n) is 3.12. The van der Waals surface area contributed by atoms with Gasteiger partial charge in [0, 0.05) is 24.7 Å². The number of aryl methyl sites for hydroxylation is 1. The van der Waals surface area contributed by atoms with Crippen LogP contribution in [0.25, 0.3) is 10.9 Å². The molecule has 0 aliphatic heterocycles. The lowest BCUT2D eigenvalue weighted by atomic mass is 10.0. The van der Waals surface area contributed by atoms with Gasteiger partial charge in [0.25, 0.3) is 0 Å². The largest absolute Gasteiger partial charge is 0.477 e. The van der Waals surface area contributed by atoms with Crippen molar-refractivity contribution in [3.8, 4) is 0 Å². The SMILES string of the molecule is CCn1cc(C(=O)O)c(=O)c2cc(NCC(C)c3ccccc3)c(Cl)cc21. The molecule has 0 radical (unpaired) electrons. The predicted octanol–water partition coefficient (Wildman–Crippen LogP) is 4.59. The molecule has 6 heteroatoms. The van der Waals surface area contributed by atoms with Crippen LogP contribution in [0.5, 0.6) is 0 Å². The number of carboxylic acid groups (broad SMARTS) is 1. The Hall–Kier alpha value is -2.79. The number of pyridine rings is 1. The number of benzene rings is 2. The zero-order valence-corrected chi connectivity index (χ0v) is 16.0. The van der Waals surface area contributed by atoms with Crippen molar-refractivity contribution in [1.29, 1.82) is 0 Å². The van der Waals surface area contributed by atoms with E-state index in [1.807, 2.05) is 25.1 Å². The van der Waals surface area contributed by atoms with E-state index in [0.717, 1.165) is 0 Å². The van der Waals surface area contributed by atoms with E-state index < -0.39 is 11.4 Å². The van der Waals surface area contributed by atoms with Gasteiger partial charge >= 0.3 is 5.97 Å². The molecule has 0 fully saturated rings. The maximum atomic E-state index is 12.6. The standard InChI is InChI=1S/C21H21ClN2O3/c1-3-24-12-16(21(26)27)20(25)15-9-18(17(22)10-19(15)24)23-11-13(2)14-7-5-4-6-8-14/h4-10,12-13,23H,3,11H2,1-2H3,(H,26,27). The van der Waals surface area contributed by atoms with Crippen LogP contribution in [-0.4, -0.2) is 22.2 Å². The highest BCUT2D eigenvalue weighted by atomic mass is 35.5. The van der Waals surface area contributed by atoms with Gasteiger partial charge in [-0.05, 0) is 30.5 Å². The molecule has 1 heterocycles. The first kappa shape index (κ1) is 19.0. The number of nitrogens with one attached hydrogen (secondary N) is 1. The molecular weight excluding hydrogens is 364 g/mol. The number of carboxylic acids is 1. The van der Waals surface area contributed by atoms with Gasteiger partial charge in [-0.3, -0.25) is 4.79 Å². The summed E-state index contributed by atoms with van der Waals surface area (Å²) in [7, 11) is 0. The molecule has 2 N–H and O–H groups in total. The summed E-state index contributed by atoms with van der Waals surface area (Å²) in [5.41, 5.74) is 1.70. The summed E-state index contributed by atoms with van der Waals surface area (Å²) >= 11 is 6.42. The van der Waals surface area contributed by atoms with E-state index >= 15 is 0 Å². The van der Waals surface area contributed by atoms with Crippen LogP contribution >= 0.6 is 11.6 Å². The summed E-state index contributed by atoms with van der Waals surface area (Å²) in [5, 5.41) is 13.4. The molecule has 0 bridgehead atoms. The minimum atomic E-state index is -1.23. The van der Waals surface area contributed by atoms with Crippen LogP contribution < -0.4 is 10.7 Å². The van der Waals surface area contributed by atoms with Gasteiger partial charge in [-0.15, -0.1) is 0 Å². The monoisotopic (exact) mass is 384 g/mol. The van der Waals surface area contributed by atoms with E-state index in [1.54, 1.807) is 16.7 Å². The maximum Gasteiger partial charge on any atom is 0.341 e. The van der Waals surface area contributed by atoms with E-state index in [-0.39, 0.29) is 11.5 Å². The highest BCUT2D eigenvalue weighted by Gasteiger charge is 2.16. The summed E-state index contributed by atoms with van der Waals surface area (Å²) in [6.45, 7) is 5.15. The molecule has 0 saturated heterocycles. The summed E-state index contributed by atoms with van der Waals surface area (Å²) in [5.74, 6) is -0.984. The molecule has 0 aliphatic carbocycles. The van der Waals surface area contributed by atoms with Gasteiger partial charge in [0.2, 0.25) is 5.43 Å². The Bertz CT molecular complexity index is 1040. The van der Waals surface area contributed by atoms with Crippen LogP contribution in [0, 0.1) is 0 Å². The van der Waals surface area contributed by atoms with E-state index in [2.05, 4.69) is 24.4 Å². The van der Waals surface area contributed by atoms with Crippen molar-refractivity contribution in [2.45, 2.75) is 26.3 Å². The third kappa shape index (κ3) is 3.83. The molecule has 3 aromatic rings. The summed E-state index contributed by atoms with van der Waals surface area (Å²) in [6, 6.07) is 13.5. The molecule has 2 aromatic carbocycles. The van der Waals surface area contributed by atoms with Crippen LogP contribution in [0.2, 0.25) is 5.02 Å². The van der Waals surface area contributed by atoms with Crippen LogP contribution in [0.1, 0.15) is 35.7 Å². The lowest BCUT2D eigenvalue weighted by Gasteiger charge is -2.17. The van der Waals surface area contributed by atoms with Crippen LogP contribution in [-0.2, 0) is 6.54 Å². The highest BCUT2D eigenvalue weighted by Crippen LogP contribution is 2.28. The quantitative estimate of drug-likeness (QED) is 0.652. The molecule has 1 atom stereocenters. The van der Waals surface area contributed by atoms with Gasteiger partial charge in [0.1, 0.15) is 5.56 Å². The van der Waals surface area contributed by atoms with Crippen LogP contribution in [0.4, 0.5) is 5.69 Å². The normalized spacial score (nSPS) is 12.1. The van der Waals surface area contributed by atoms with Crippen LogP contribution in [0.3, 0.4) is 0 Å². The second-order valence-corrected chi connectivity index (χ2v) is 6.91. The van der Waals surface area contributed by atoms with Gasteiger partial charge in [0.15, 0.2) is 0 Å². The smallest absolute Gasteiger partial charge is 0.341 e. The molecule has 5 nitrogen and oxygen atoms in total. The number of hydrogen-bond acceptors (Lipinski definition) is 3. The Balaban J connectivity index is 1.99. The number of aromatic nitrogens is 1. The van der Waals surface area contributed by atoms with Crippen molar-refractivity contribution in [2.24, 2.45) is 0 Å². The minimum Gasteiger partial charge on any atom is -0.477 e. The molecule has 3 rings (SSSR count). The number of rotatable bonds is 6. The van der Waals surface area contributed by atoms with Crippen LogP contribution in [0.15, 0.2) is 53.5 Å². The lowest BCUT2D eigenvalue weighted by Crippen LogP contribution is -2.19. The Morgan fingerprint density at radius 1 is 1.26 bits per heavy atom. The van der Waals surface area contributed by atoms with Gasteiger partial charge in [-0.1, -0.05) is 48.9 Å². The van der Waals surface area contributed by atoms with Crippen molar-refractivity contribution in [3.63, 3.8) is 0 Å². The second kappa shape index (κ2) is 7.84. The van der Waals surface area contributed by atoms with Crippen molar-refractivity contribution in [3.05, 3.63) is 75.0 Å². The zero-order valence-electron chi connectivity index (χ0n) is 15.2. The molecule has 0 amide bonds. The summed E-state index contributed by atoms with van der Waals surface area (Å²) < 4.78 is 1.72. The molecule has 27 heavy (non-hydrogen) atoms. The van der Waals surface area contributed by atoms with E-state index in [0.29, 0.717) is 34.7 Å². The first-order valence-corrected chi connectivity index (χ1v) is 9.19. The number of halogens is 1. The van der Waals surface area contributed by atoms with Gasteiger partial charge in [-0.25, -0.2) is 4.79 Å². The molecule has 0 spiro atoms. The molecular formula is C21H21ClN2O3. The topological polar surface area (TPSA) is 71.3 Å². The first-order valence-electron chi connectivity index (χ1n) is 8.81. The fraction of sp³-hybridized carbons (Fsp3) is 0.238. The number of anilines is 1. The molecule has 0 aliphatic rings. The van der Waals surface area contributed by atoms with E-state index in [9.17, 15) is 14.7 Å². The Kier molecular flexibility index (Phi) is 5.51. The fourth-order valence-corrected chi connectivity index (χ4v) is 3.35. The average molecular weight is 385 g/mol. The zero-order chi connectivity index (χ0) is 19.6. The van der Waals surface area contributed by atoms with Gasteiger partial charge in [-0.2, -0.15) is 0 Å². The minimum absolute atomic E-state index is 0.240. The maximum absolute atomic E-state index is 12.6. The predicted molar refractivity (Wildman–Crippen MR) is 109 cm³/mol. The van der Waals surface area contributed by atoms with Crippen molar-refractivity contribution in [2.75, 3.05) is 11.9 Å². The number of hydrogen-bond donors (Lipinski definition) is 2. The molecule has 1 aromatic heterocycles. The van der Waals surface area contributed by atoms with Crippen molar-refractivity contribution in [1.82, 2.24) is 4.57 Å². The van der Waals surface area contributed by atoms with Crippen molar-refractivity contribution < 1.29 is 9.90 Å². The second-order valence-electron chi connectivity index (χ2n) is 6.50. The molecule has 1 unspecified atom stereocenters. The lowest BCUT2D eigenvalue weighted by molar-refractivity contribution is 0.0695. The summed E-state index contributed by atoms with van der Waals surface area (Å²) in [6.07, 6.45) is 1.37. The van der Waals surface area contributed by atoms with Gasteiger partial charge in [0.05, 0.1) is 16.2 Å². The molecule has 140 valence electrons. The third-order valence-corrected chi connectivity index (χ3v) is 5.02. The molecule has 0 saturated carbocycles. The summed E-state index contributed by atoms with van der Waals surface area (Å²) in [4.78, 5) is 24.0.